The third-order valence-corrected chi connectivity index (χ3v) is 1.75. The molecule has 1 heterocycles. The quantitative estimate of drug-likeness (QED) is 0.388. The van der Waals surface area contributed by atoms with Gasteiger partial charge in [0.05, 0.1) is 6.07 Å². The van der Waals surface area contributed by atoms with E-state index in [0.29, 0.717) is 10.0 Å². The van der Waals surface area contributed by atoms with Gasteiger partial charge in [0.25, 0.3) is 0 Å². The minimum absolute atomic E-state index is 0. The summed E-state index contributed by atoms with van der Waals surface area (Å²) in [6.07, 6.45) is 3.11. The number of allylic oxidation sites excluding steroid dienone is 1. The molecule has 0 amide bonds. The molecule has 7 nitrogen and oxygen atoms in total. The van der Waals surface area contributed by atoms with E-state index in [1.807, 2.05) is 0 Å². The standard InChI is InChI=1S/C8HN7.Na/c9-1-6-7(2-10)14(4-12)15(5-13)8(6)3-11;/h7H;. The predicted octanol–water partition coefficient (Wildman–Crippen LogP) is -0.706. The zero-order chi connectivity index (χ0) is 11.4. The van der Waals surface area contributed by atoms with Crippen LogP contribution in [0.15, 0.2) is 11.3 Å². The summed E-state index contributed by atoms with van der Waals surface area (Å²) in [5.41, 5.74) is -0.476. The minimum Gasteiger partial charge on any atom is -0.195 e. The number of hydrogen-bond donors (Lipinski definition) is 0. The SMILES string of the molecule is N#CC1=C(C#N)N(C#N)N(C#N)C1C#N.[Na]. The molecule has 0 saturated heterocycles. The van der Waals surface area contributed by atoms with Gasteiger partial charge >= 0.3 is 0 Å². The molecule has 0 aromatic heterocycles. The minimum atomic E-state index is -1.20. The second-order valence-corrected chi connectivity index (χ2v) is 2.37. The number of hydrazine groups is 1. The first kappa shape index (κ1) is 13.8. The Balaban J connectivity index is 0.00000225. The summed E-state index contributed by atoms with van der Waals surface area (Å²) in [4.78, 5) is 0. The molecule has 1 rings (SSSR count). The van der Waals surface area contributed by atoms with Crippen LogP contribution in [0, 0.1) is 56.9 Å². The van der Waals surface area contributed by atoms with Crippen LogP contribution in [-0.2, 0) is 0 Å². The third-order valence-electron chi connectivity index (χ3n) is 1.75. The van der Waals surface area contributed by atoms with Gasteiger partial charge in [0.2, 0.25) is 12.4 Å². The van der Waals surface area contributed by atoms with Crippen LogP contribution in [0.25, 0.3) is 0 Å². The average Bonchev–Trinajstić information content (AvgIpc) is 2.59. The average molecular weight is 218 g/mol. The Hall–Kier alpha value is -2.21. The Kier molecular flexibility index (Phi) is 4.84. The summed E-state index contributed by atoms with van der Waals surface area (Å²) < 4.78 is 0. The first-order valence-corrected chi connectivity index (χ1v) is 3.57. The Morgan fingerprint density at radius 2 is 1.56 bits per heavy atom. The van der Waals surface area contributed by atoms with E-state index in [1.54, 1.807) is 30.6 Å². The van der Waals surface area contributed by atoms with Crippen molar-refractivity contribution in [2.75, 3.05) is 0 Å². The number of hydrogen-bond acceptors (Lipinski definition) is 7. The monoisotopic (exact) mass is 218 g/mol. The normalized spacial score (nSPS) is 17.3. The molecule has 0 spiro atoms. The van der Waals surface area contributed by atoms with Crippen LogP contribution in [0.3, 0.4) is 0 Å². The number of rotatable bonds is 0. The molecule has 1 aliphatic rings. The maximum atomic E-state index is 8.72. The van der Waals surface area contributed by atoms with E-state index in [9.17, 15) is 0 Å². The van der Waals surface area contributed by atoms with E-state index in [0.717, 1.165) is 0 Å². The van der Waals surface area contributed by atoms with Crippen LogP contribution in [0.1, 0.15) is 0 Å². The molecule has 0 fully saturated rings. The molecule has 0 aromatic carbocycles. The van der Waals surface area contributed by atoms with Gasteiger partial charge in [-0.3, -0.25) is 0 Å². The van der Waals surface area contributed by atoms with Gasteiger partial charge < -0.3 is 0 Å². The summed E-state index contributed by atoms with van der Waals surface area (Å²) in [6, 6.07) is 3.73. The molecule has 8 heteroatoms. The Labute approximate surface area is 113 Å². The molecule has 16 heavy (non-hydrogen) atoms. The summed E-state index contributed by atoms with van der Waals surface area (Å²) in [6.45, 7) is 0. The zero-order valence-corrected chi connectivity index (χ0v) is 10.2. The molecular weight excluding hydrogens is 217 g/mol. The maximum absolute atomic E-state index is 8.72. The van der Waals surface area contributed by atoms with Crippen LogP contribution in [0.5, 0.6) is 0 Å². The molecular formula is C8HN7Na. The molecule has 0 bridgehead atoms. The second kappa shape index (κ2) is 5.62. The van der Waals surface area contributed by atoms with Crippen molar-refractivity contribution in [2.45, 2.75) is 6.04 Å². The van der Waals surface area contributed by atoms with E-state index < -0.39 is 6.04 Å². The molecule has 1 unspecified atom stereocenters. The van der Waals surface area contributed by atoms with Crippen molar-refractivity contribution in [2.24, 2.45) is 0 Å². The summed E-state index contributed by atoms with van der Waals surface area (Å²) in [5, 5.41) is 44.8. The van der Waals surface area contributed by atoms with Crippen molar-refractivity contribution in [1.29, 1.82) is 26.3 Å². The second-order valence-electron chi connectivity index (χ2n) is 2.37. The molecule has 1 aliphatic heterocycles. The number of nitrogens with zero attached hydrogens (tertiary/aromatic N) is 7. The first-order chi connectivity index (χ1) is 7.24. The summed E-state index contributed by atoms with van der Waals surface area (Å²) in [5.74, 6) is 0. The van der Waals surface area contributed by atoms with Crippen molar-refractivity contribution >= 4 is 29.6 Å². The molecule has 1 atom stereocenters. The Bertz CT molecular complexity index is 487. The van der Waals surface area contributed by atoms with Crippen LogP contribution in [-0.4, -0.2) is 45.6 Å². The van der Waals surface area contributed by atoms with Gasteiger partial charge in [-0.15, -0.1) is 0 Å². The third kappa shape index (κ3) is 1.78. The van der Waals surface area contributed by atoms with Crippen molar-refractivity contribution < 1.29 is 0 Å². The van der Waals surface area contributed by atoms with Crippen molar-refractivity contribution in [3.05, 3.63) is 11.3 Å². The van der Waals surface area contributed by atoms with E-state index in [2.05, 4.69) is 0 Å². The maximum Gasteiger partial charge on any atom is 0.206 e. The van der Waals surface area contributed by atoms with Gasteiger partial charge in [0.1, 0.15) is 17.7 Å². The van der Waals surface area contributed by atoms with Gasteiger partial charge in [0, 0.05) is 29.6 Å². The smallest absolute Gasteiger partial charge is 0.195 e. The Morgan fingerprint density at radius 1 is 0.938 bits per heavy atom. The van der Waals surface area contributed by atoms with Gasteiger partial charge in [-0.05, 0) is 0 Å². The first-order valence-electron chi connectivity index (χ1n) is 3.57. The van der Waals surface area contributed by atoms with Crippen molar-refractivity contribution in [1.82, 2.24) is 10.0 Å². The van der Waals surface area contributed by atoms with Crippen LogP contribution in [0.2, 0.25) is 0 Å². The van der Waals surface area contributed by atoms with Gasteiger partial charge in [0.15, 0.2) is 11.7 Å². The van der Waals surface area contributed by atoms with E-state index in [1.165, 1.54) is 0 Å². The van der Waals surface area contributed by atoms with E-state index in [-0.39, 0.29) is 40.8 Å². The molecule has 0 N–H and O–H groups in total. The molecule has 0 aromatic rings. The Morgan fingerprint density at radius 3 is 1.88 bits per heavy atom. The molecule has 69 valence electrons. The van der Waals surface area contributed by atoms with Gasteiger partial charge in [-0.2, -0.15) is 36.3 Å². The van der Waals surface area contributed by atoms with Crippen molar-refractivity contribution in [3.8, 4) is 30.6 Å². The summed E-state index contributed by atoms with van der Waals surface area (Å²) in [7, 11) is 0. The van der Waals surface area contributed by atoms with E-state index >= 15 is 0 Å². The summed E-state index contributed by atoms with van der Waals surface area (Å²) >= 11 is 0. The van der Waals surface area contributed by atoms with Gasteiger partial charge in [-0.1, -0.05) is 0 Å². The fourth-order valence-electron chi connectivity index (χ4n) is 1.13. The molecule has 1 radical (unpaired) electrons. The van der Waals surface area contributed by atoms with Crippen molar-refractivity contribution in [3.63, 3.8) is 0 Å². The molecule has 0 saturated carbocycles. The van der Waals surface area contributed by atoms with Gasteiger partial charge in [-0.25, -0.2) is 0 Å². The predicted molar refractivity (Wildman–Crippen MR) is 48.3 cm³/mol. The topological polar surface area (TPSA) is 125 Å². The zero-order valence-electron chi connectivity index (χ0n) is 8.21. The van der Waals surface area contributed by atoms with E-state index in [4.69, 9.17) is 26.3 Å². The van der Waals surface area contributed by atoms with Crippen LogP contribution < -0.4 is 0 Å². The van der Waals surface area contributed by atoms with Crippen LogP contribution >= 0.6 is 0 Å². The fraction of sp³-hybridized carbons (Fsp3) is 0.125. The number of nitriles is 5. The van der Waals surface area contributed by atoms with Crippen LogP contribution in [0.4, 0.5) is 0 Å². The fourth-order valence-corrected chi connectivity index (χ4v) is 1.13. The largest absolute Gasteiger partial charge is 0.206 e. The molecule has 0 aliphatic carbocycles.